The normalized spacial score (nSPS) is 21.9. The Labute approximate surface area is 91.6 Å². The molecular formula is C10H15F4NO. The number of hydrogen-bond donors (Lipinski definition) is 0. The quantitative estimate of drug-likeness (QED) is 0.692. The van der Waals surface area contributed by atoms with E-state index in [0.29, 0.717) is 6.42 Å². The summed E-state index contributed by atoms with van der Waals surface area (Å²) in [6, 6.07) is 0. The first-order chi connectivity index (χ1) is 7.39. The molecule has 0 saturated carbocycles. The summed E-state index contributed by atoms with van der Waals surface area (Å²) in [7, 11) is 0. The maximum Gasteiger partial charge on any atom is 0.383 e. The summed E-state index contributed by atoms with van der Waals surface area (Å²) in [4.78, 5) is 12.0. The van der Waals surface area contributed by atoms with Gasteiger partial charge in [-0.2, -0.15) is 8.78 Å². The number of nitrogens with zero attached hydrogens (tertiary/aromatic N) is 1. The minimum absolute atomic E-state index is 0.159. The molecule has 0 aromatic rings. The fourth-order valence-electron chi connectivity index (χ4n) is 1.97. The molecule has 0 spiro atoms. The van der Waals surface area contributed by atoms with Gasteiger partial charge in [0.25, 0.3) is 5.91 Å². The summed E-state index contributed by atoms with van der Waals surface area (Å²) in [5, 5.41) is 0. The van der Waals surface area contributed by atoms with Crippen LogP contribution in [0, 0.1) is 5.92 Å². The molecule has 1 unspecified atom stereocenters. The maximum atomic E-state index is 12.8. The van der Waals surface area contributed by atoms with Gasteiger partial charge in [-0.25, -0.2) is 8.78 Å². The Bertz CT molecular complexity index is 257. The first-order valence-corrected chi connectivity index (χ1v) is 5.35. The van der Waals surface area contributed by atoms with Gasteiger partial charge in [0, 0.05) is 13.1 Å². The van der Waals surface area contributed by atoms with Crippen LogP contribution in [0.5, 0.6) is 0 Å². The molecule has 1 heterocycles. The zero-order valence-electron chi connectivity index (χ0n) is 9.06. The number of likely N-dealkylation sites (tertiary alicyclic amines) is 1. The fourth-order valence-corrected chi connectivity index (χ4v) is 1.97. The van der Waals surface area contributed by atoms with Crippen molar-refractivity contribution in [3.05, 3.63) is 0 Å². The fraction of sp³-hybridized carbons (Fsp3) is 0.900. The lowest BCUT2D eigenvalue weighted by atomic mass is 10.0. The van der Waals surface area contributed by atoms with Gasteiger partial charge in [-0.15, -0.1) is 0 Å². The molecule has 6 heteroatoms. The van der Waals surface area contributed by atoms with Gasteiger partial charge in [0.1, 0.15) is 0 Å². The van der Waals surface area contributed by atoms with Gasteiger partial charge in [-0.05, 0) is 18.8 Å². The molecule has 1 atom stereocenters. The second kappa shape index (κ2) is 5.01. The van der Waals surface area contributed by atoms with Gasteiger partial charge >= 0.3 is 12.3 Å². The number of alkyl halides is 4. The molecule has 0 bridgehead atoms. The average Bonchev–Trinajstić information content (AvgIpc) is 2.65. The van der Waals surface area contributed by atoms with E-state index in [1.807, 2.05) is 6.92 Å². The summed E-state index contributed by atoms with van der Waals surface area (Å²) in [5.74, 6) is -6.11. The van der Waals surface area contributed by atoms with E-state index >= 15 is 0 Å². The summed E-state index contributed by atoms with van der Waals surface area (Å²) in [6.07, 6.45) is -1.56. The molecule has 0 aromatic carbocycles. The van der Waals surface area contributed by atoms with Crippen LogP contribution in [0.1, 0.15) is 26.2 Å². The molecule has 2 nitrogen and oxygen atoms in total. The van der Waals surface area contributed by atoms with Crippen LogP contribution in [0.15, 0.2) is 0 Å². The molecule has 0 N–H and O–H groups in total. The van der Waals surface area contributed by atoms with Crippen LogP contribution in [-0.2, 0) is 4.79 Å². The molecule has 0 aromatic heterocycles. The molecular weight excluding hydrogens is 226 g/mol. The Morgan fingerprint density at radius 1 is 1.50 bits per heavy atom. The van der Waals surface area contributed by atoms with Crippen molar-refractivity contribution >= 4 is 5.91 Å². The van der Waals surface area contributed by atoms with Crippen molar-refractivity contribution < 1.29 is 22.4 Å². The molecule has 0 aliphatic carbocycles. The lowest BCUT2D eigenvalue weighted by molar-refractivity contribution is -0.179. The number of amides is 1. The van der Waals surface area contributed by atoms with Gasteiger partial charge in [-0.3, -0.25) is 4.79 Å². The van der Waals surface area contributed by atoms with Crippen molar-refractivity contribution in [3.63, 3.8) is 0 Å². The first-order valence-electron chi connectivity index (χ1n) is 5.35. The van der Waals surface area contributed by atoms with Crippen molar-refractivity contribution in [2.45, 2.75) is 38.5 Å². The second-order valence-corrected chi connectivity index (χ2v) is 4.12. The summed E-state index contributed by atoms with van der Waals surface area (Å²) < 4.78 is 49.5. The Morgan fingerprint density at radius 3 is 2.62 bits per heavy atom. The number of carbonyl (C=O) groups excluding carboxylic acids is 1. The molecule has 1 amide bonds. The molecule has 0 radical (unpaired) electrons. The first kappa shape index (κ1) is 13.3. The molecule has 1 saturated heterocycles. The lowest BCUT2D eigenvalue weighted by Gasteiger charge is -2.22. The minimum atomic E-state index is -4.54. The SMILES string of the molecule is CCCC1CCN(C(=O)C(F)(F)C(F)F)C1. The average molecular weight is 241 g/mol. The number of halogens is 4. The maximum absolute atomic E-state index is 12.8. The molecule has 94 valence electrons. The van der Waals surface area contributed by atoms with E-state index in [9.17, 15) is 22.4 Å². The molecule has 1 rings (SSSR count). The minimum Gasteiger partial charge on any atom is -0.337 e. The lowest BCUT2D eigenvalue weighted by Crippen LogP contribution is -2.46. The topological polar surface area (TPSA) is 20.3 Å². The number of carbonyl (C=O) groups is 1. The van der Waals surface area contributed by atoms with Crippen LogP contribution in [0.25, 0.3) is 0 Å². The molecule has 1 aliphatic heterocycles. The molecule has 1 aliphatic rings. The van der Waals surface area contributed by atoms with Gasteiger partial charge < -0.3 is 4.90 Å². The highest BCUT2D eigenvalue weighted by Gasteiger charge is 2.52. The molecule has 16 heavy (non-hydrogen) atoms. The highest BCUT2D eigenvalue weighted by molar-refractivity contribution is 5.84. The van der Waals surface area contributed by atoms with Gasteiger partial charge in [0.2, 0.25) is 0 Å². The van der Waals surface area contributed by atoms with E-state index < -0.39 is 18.3 Å². The van der Waals surface area contributed by atoms with Gasteiger partial charge in [0.05, 0.1) is 0 Å². The summed E-state index contributed by atoms with van der Waals surface area (Å²) >= 11 is 0. The Balaban J connectivity index is 2.57. The van der Waals surface area contributed by atoms with E-state index in [1.165, 1.54) is 0 Å². The zero-order chi connectivity index (χ0) is 12.3. The Kier molecular flexibility index (Phi) is 4.15. The van der Waals surface area contributed by atoms with Crippen molar-refractivity contribution in [2.75, 3.05) is 13.1 Å². The Hall–Kier alpha value is -0.810. The summed E-state index contributed by atoms with van der Waals surface area (Å²) in [5.41, 5.74) is 0. The van der Waals surface area contributed by atoms with Crippen LogP contribution >= 0.6 is 0 Å². The van der Waals surface area contributed by atoms with Crippen LogP contribution in [0.2, 0.25) is 0 Å². The number of rotatable bonds is 4. The zero-order valence-corrected chi connectivity index (χ0v) is 9.06. The predicted molar refractivity (Wildman–Crippen MR) is 50.5 cm³/mol. The van der Waals surface area contributed by atoms with Crippen LogP contribution in [-0.4, -0.2) is 36.2 Å². The summed E-state index contributed by atoms with van der Waals surface area (Å²) in [6.45, 7) is 2.29. The van der Waals surface area contributed by atoms with Crippen LogP contribution in [0.3, 0.4) is 0 Å². The van der Waals surface area contributed by atoms with Crippen LogP contribution in [0.4, 0.5) is 17.6 Å². The monoisotopic (exact) mass is 241 g/mol. The van der Waals surface area contributed by atoms with Crippen molar-refractivity contribution in [1.29, 1.82) is 0 Å². The highest BCUT2D eigenvalue weighted by atomic mass is 19.3. The van der Waals surface area contributed by atoms with Gasteiger partial charge in [0.15, 0.2) is 0 Å². The third kappa shape index (κ3) is 2.65. The van der Waals surface area contributed by atoms with Crippen molar-refractivity contribution in [1.82, 2.24) is 4.90 Å². The standard InChI is InChI=1S/C10H15F4NO/c1-2-3-7-4-5-15(6-7)9(16)10(13,14)8(11)12/h7-8H,2-6H2,1H3. The van der Waals surface area contributed by atoms with Crippen LogP contribution < -0.4 is 0 Å². The van der Waals surface area contributed by atoms with E-state index in [-0.39, 0.29) is 19.0 Å². The smallest absolute Gasteiger partial charge is 0.337 e. The van der Waals surface area contributed by atoms with E-state index in [1.54, 1.807) is 0 Å². The van der Waals surface area contributed by atoms with Crippen molar-refractivity contribution in [3.8, 4) is 0 Å². The largest absolute Gasteiger partial charge is 0.383 e. The Morgan fingerprint density at radius 2 is 2.12 bits per heavy atom. The van der Waals surface area contributed by atoms with E-state index in [4.69, 9.17) is 0 Å². The molecule has 1 fully saturated rings. The predicted octanol–water partition coefficient (Wildman–Crippen LogP) is 2.54. The third-order valence-corrected chi connectivity index (χ3v) is 2.83. The second-order valence-electron chi connectivity index (χ2n) is 4.12. The van der Waals surface area contributed by atoms with E-state index in [0.717, 1.165) is 17.7 Å². The highest BCUT2D eigenvalue weighted by Crippen LogP contribution is 2.29. The van der Waals surface area contributed by atoms with E-state index in [2.05, 4.69) is 0 Å². The van der Waals surface area contributed by atoms with Crippen molar-refractivity contribution in [2.24, 2.45) is 5.92 Å². The number of hydrogen-bond acceptors (Lipinski definition) is 1. The third-order valence-electron chi connectivity index (χ3n) is 2.83. The van der Waals surface area contributed by atoms with Gasteiger partial charge in [-0.1, -0.05) is 13.3 Å².